The maximum Gasteiger partial charge on any atom is 0.169 e. The normalized spacial score (nSPS) is 11.5. The van der Waals surface area contributed by atoms with Crippen molar-refractivity contribution in [3.8, 4) is 17.6 Å². The van der Waals surface area contributed by atoms with Crippen molar-refractivity contribution in [1.82, 2.24) is 0 Å². The quantitative estimate of drug-likeness (QED) is 0.757. The molecule has 0 spiro atoms. The highest BCUT2D eigenvalue weighted by molar-refractivity contribution is 6.49. The smallest absolute Gasteiger partial charge is 0.169 e. The van der Waals surface area contributed by atoms with Crippen LogP contribution in [0.1, 0.15) is 25.3 Å². The van der Waals surface area contributed by atoms with Gasteiger partial charge in [-0.15, -0.1) is 0 Å². The molecular weight excluding hydrogens is 250 g/mol. The number of halogens is 1. The summed E-state index contributed by atoms with van der Waals surface area (Å²) in [5.74, 6) is 1.15. The molecule has 96 valence electrons. The van der Waals surface area contributed by atoms with Crippen LogP contribution >= 0.6 is 11.6 Å². The molecule has 0 aliphatic carbocycles. The largest absolute Gasteiger partial charge is 0.493 e. The molecule has 0 saturated heterocycles. The average molecular weight is 266 g/mol. The predicted molar refractivity (Wildman–Crippen MR) is 72.8 cm³/mol. The fourth-order valence-electron chi connectivity index (χ4n) is 1.69. The number of rotatable bonds is 5. The van der Waals surface area contributed by atoms with Crippen molar-refractivity contribution in [1.29, 1.82) is 5.26 Å². The Labute approximate surface area is 113 Å². The van der Waals surface area contributed by atoms with Crippen LogP contribution in [0.5, 0.6) is 11.5 Å². The number of benzene rings is 1. The first kappa shape index (κ1) is 14.4. The molecule has 0 bridgehead atoms. The molecule has 0 fully saturated rings. The van der Waals surface area contributed by atoms with E-state index in [1.807, 2.05) is 19.1 Å². The first-order valence-electron chi connectivity index (χ1n) is 5.69. The highest BCUT2D eigenvalue weighted by Gasteiger charge is 2.15. The topological polar surface area (TPSA) is 42.2 Å². The summed E-state index contributed by atoms with van der Waals surface area (Å²) in [5, 5.41) is 9.54. The summed E-state index contributed by atoms with van der Waals surface area (Å²) in [6.07, 6.45) is 1.51. The summed E-state index contributed by atoms with van der Waals surface area (Å²) in [4.78, 5) is 0. The molecule has 0 heterocycles. The minimum absolute atomic E-state index is 0.426. The zero-order chi connectivity index (χ0) is 13.5. The molecule has 0 aliphatic rings. The SMILES string of the molecule is CCCC(C#N)=C(Cl)c1cccc(OC)c1OC. The molecule has 1 rings (SSSR count). The third kappa shape index (κ3) is 2.96. The molecule has 0 saturated carbocycles. The fraction of sp³-hybridized carbons (Fsp3) is 0.357. The van der Waals surface area contributed by atoms with Gasteiger partial charge in [-0.3, -0.25) is 0 Å². The van der Waals surface area contributed by atoms with E-state index in [2.05, 4.69) is 6.07 Å². The van der Waals surface area contributed by atoms with Crippen molar-refractivity contribution in [2.45, 2.75) is 19.8 Å². The molecule has 1 aromatic rings. The third-order valence-corrected chi connectivity index (χ3v) is 2.97. The van der Waals surface area contributed by atoms with Crippen molar-refractivity contribution < 1.29 is 9.47 Å². The fourth-order valence-corrected chi connectivity index (χ4v) is 1.97. The number of hydrogen-bond acceptors (Lipinski definition) is 3. The molecular formula is C14H16ClNO2. The Morgan fingerprint density at radius 2 is 2.06 bits per heavy atom. The van der Waals surface area contributed by atoms with Gasteiger partial charge in [-0.05, 0) is 18.6 Å². The number of methoxy groups -OCH3 is 2. The van der Waals surface area contributed by atoms with Gasteiger partial charge in [0.1, 0.15) is 0 Å². The van der Waals surface area contributed by atoms with Crippen molar-refractivity contribution in [2.75, 3.05) is 14.2 Å². The maximum absolute atomic E-state index is 9.11. The van der Waals surface area contributed by atoms with E-state index in [0.29, 0.717) is 34.1 Å². The minimum atomic E-state index is 0.426. The van der Waals surface area contributed by atoms with E-state index in [1.54, 1.807) is 20.3 Å². The van der Waals surface area contributed by atoms with Gasteiger partial charge in [0.15, 0.2) is 11.5 Å². The molecule has 0 amide bonds. The number of ether oxygens (including phenoxy) is 2. The van der Waals surface area contributed by atoms with E-state index in [9.17, 15) is 0 Å². The molecule has 3 nitrogen and oxygen atoms in total. The monoisotopic (exact) mass is 265 g/mol. The van der Waals surface area contributed by atoms with E-state index >= 15 is 0 Å². The number of nitriles is 1. The third-order valence-electron chi connectivity index (χ3n) is 2.54. The number of nitrogens with zero attached hydrogens (tertiary/aromatic N) is 1. The van der Waals surface area contributed by atoms with Crippen molar-refractivity contribution in [2.24, 2.45) is 0 Å². The molecule has 0 N–H and O–H groups in total. The summed E-state index contributed by atoms with van der Waals surface area (Å²) in [6, 6.07) is 7.57. The van der Waals surface area contributed by atoms with E-state index in [0.717, 1.165) is 6.42 Å². The highest BCUT2D eigenvalue weighted by atomic mass is 35.5. The van der Waals surface area contributed by atoms with E-state index in [1.165, 1.54) is 0 Å². The Morgan fingerprint density at radius 1 is 1.33 bits per heavy atom. The number of hydrogen-bond donors (Lipinski definition) is 0. The maximum atomic E-state index is 9.11. The lowest BCUT2D eigenvalue weighted by Gasteiger charge is -2.12. The van der Waals surface area contributed by atoms with Crippen LogP contribution in [0.25, 0.3) is 5.03 Å². The number of allylic oxidation sites excluding steroid dienone is 1. The first-order valence-corrected chi connectivity index (χ1v) is 6.07. The lowest BCUT2D eigenvalue weighted by Crippen LogP contribution is -1.95. The lowest BCUT2D eigenvalue weighted by atomic mass is 10.1. The standard InChI is InChI=1S/C14H16ClNO2/c1-4-6-10(9-16)13(15)11-7-5-8-12(17-2)14(11)18-3/h5,7-8H,4,6H2,1-3H3. The molecule has 0 unspecified atom stereocenters. The molecule has 18 heavy (non-hydrogen) atoms. The van der Waals surface area contributed by atoms with Gasteiger partial charge in [-0.2, -0.15) is 5.26 Å². The summed E-state index contributed by atoms with van der Waals surface area (Å²) in [7, 11) is 3.12. The van der Waals surface area contributed by atoms with Crippen LogP contribution < -0.4 is 9.47 Å². The molecule has 0 atom stereocenters. The molecule has 0 radical (unpaired) electrons. The highest BCUT2D eigenvalue weighted by Crippen LogP contribution is 2.38. The summed E-state index contributed by atoms with van der Waals surface area (Å²) in [5.41, 5.74) is 1.24. The van der Waals surface area contributed by atoms with Crippen molar-refractivity contribution in [3.63, 3.8) is 0 Å². The van der Waals surface area contributed by atoms with Crippen LogP contribution in [0.15, 0.2) is 23.8 Å². The molecule has 0 aromatic heterocycles. The summed E-state index contributed by atoms with van der Waals surface area (Å²) < 4.78 is 10.5. The van der Waals surface area contributed by atoms with E-state index < -0.39 is 0 Å². The predicted octanol–water partition coefficient (Wildman–Crippen LogP) is 3.98. The zero-order valence-electron chi connectivity index (χ0n) is 10.8. The van der Waals surface area contributed by atoms with Crippen LogP contribution in [0.2, 0.25) is 0 Å². The van der Waals surface area contributed by atoms with Gasteiger partial charge in [-0.1, -0.05) is 31.0 Å². The van der Waals surface area contributed by atoms with Crippen LogP contribution in [0.4, 0.5) is 0 Å². The Balaban J connectivity index is 3.37. The zero-order valence-corrected chi connectivity index (χ0v) is 11.5. The second-order valence-electron chi connectivity index (χ2n) is 3.70. The Kier molecular flexibility index (Phi) is 5.54. The van der Waals surface area contributed by atoms with Crippen molar-refractivity contribution >= 4 is 16.6 Å². The summed E-state index contributed by atoms with van der Waals surface area (Å²) >= 11 is 6.29. The van der Waals surface area contributed by atoms with Gasteiger partial charge in [0, 0.05) is 11.1 Å². The summed E-state index contributed by atoms with van der Waals surface area (Å²) in [6.45, 7) is 2.00. The van der Waals surface area contributed by atoms with E-state index in [4.69, 9.17) is 26.3 Å². The van der Waals surface area contributed by atoms with Gasteiger partial charge in [-0.25, -0.2) is 0 Å². The van der Waals surface area contributed by atoms with Crippen LogP contribution in [-0.4, -0.2) is 14.2 Å². The van der Waals surface area contributed by atoms with E-state index in [-0.39, 0.29) is 0 Å². The lowest BCUT2D eigenvalue weighted by molar-refractivity contribution is 0.354. The van der Waals surface area contributed by atoms with Gasteiger partial charge in [0.05, 0.1) is 25.3 Å². The van der Waals surface area contributed by atoms with Gasteiger partial charge >= 0.3 is 0 Å². The van der Waals surface area contributed by atoms with Gasteiger partial charge in [0.25, 0.3) is 0 Å². The van der Waals surface area contributed by atoms with Crippen LogP contribution in [0, 0.1) is 11.3 Å². The molecule has 4 heteroatoms. The molecule has 0 aliphatic heterocycles. The van der Waals surface area contributed by atoms with Crippen LogP contribution in [0.3, 0.4) is 0 Å². The Hall–Kier alpha value is -1.66. The Bertz CT molecular complexity index is 489. The van der Waals surface area contributed by atoms with Crippen LogP contribution in [-0.2, 0) is 0 Å². The first-order chi connectivity index (χ1) is 8.69. The number of para-hydroxylation sites is 1. The average Bonchev–Trinajstić information content (AvgIpc) is 2.42. The van der Waals surface area contributed by atoms with Crippen molar-refractivity contribution in [3.05, 3.63) is 29.3 Å². The Morgan fingerprint density at radius 3 is 2.56 bits per heavy atom. The minimum Gasteiger partial charge on any atom is -0.493 e. The molecule has 1 aromatic carbocycles. The second kappa shape index (κ2) is 6.93. The van der Waals surface area contributed by atoms with Gasteiger partial charge < -0.3 is 9.47 Å². The van der Waals surface area contributed by atoms with Gasteiger partial charge in [0.2, 0.25) is 0 Å². The second-order valence-corrected chi connectivity index (χ2v) is 4.07.